The SMILES string of the molecule is C=C(Cl)C=CC(O)CC(=C)CC1OC2C(C)C(OC(=O)CC3CC(O)CC4(CC(C)(O)CC(C=C5COC(C(C)C(=O)CC6CC(OC)CC7(CC(O)CC(C=CCCCC8OC(O)(CC(O)C8C)C2O)O7)O6)C5C)O4)O3)C1O. The molecule has 8 aliphatic rings. The Balaban J connectivity index is 1.08. The van der Waals surface area contributed by atoms with Gasteiger partial charge in [0, 0.05) is 100 Å². The first-order valence-electron chi connectivity index (χ1n) is 28.7. The van der Waals surface area contributed by atoms with Gasteiger partial charge in [0.05, 0.1) is 98.0 Å². The second-order valence-electron chi connectivity index (χ2n) is 24.9. The lowest BCUT2D eigenvalue weighted by Crippen LogP contribution is -2.65. The van der Waals surface area contributed by atoms with E-state index in [2.05, 4.69) is 13.2 Å². The fraction of sp³-hybridized carbons (Fsp3) is 0.797. The second-order valence-corrected chi connectivity index (χ2v) is 25.3. The van der Waals surface area contributed by atoms with Crippen molar-refractivity contribution in [3.63, 3.8) is 0 Å². The molecule has 24 unspecified atom stereocenters. The van der Waals surface area contributed by atoms with Crippen molar-refractivity contribution in [3.05, 3.63) is 59.7 Å². The fourth-order valence-electron chi connectivity index (χ4n) is 13.9. The van der Waals surface area contributed by atoms with Crippen molar-refractivity contribution in [2.24, 2.45) is 23.7 Å². The number of carbonyl (C=O) groups excluding carboxylic acids is 2. The number of ether oxygens (including phenoxy) is 9. The van der Waals surface area contributed by atoms with E-state index in [0.717, 1.165) is 5.57 Å². The number of fused-ring (bicyclic) bond motifs is 10. The highest BCUT2D eigenvalue weighted by atomic mass is 35.5. The molecule has 0 radical (unpaired) electrons. The third kappa shape index (κ3) is 15.3. The van der Waals surface area contributed by atoms with E-state index in [0.29, 0.717) is 44.1 Å². The number of rotatable bonds is 7. The Kier molecular flexibility index (Phi) is 20.4. The number of allylic oxidation sites excluding steroid dienone is 3. The van der Waals surface area contributed by atoms with Crippen LogP contribution in [0, 0.1) is 23.7 Å². The Morgan fingerprint density at radius 3 is 2.27 bits per heavy atom. The molecule has 19 nitrogen and oxygen atoms in total. The summed E-state index contributed by atoms with van der Waals surface area (Å²) in [6.07, 6.45) is -4.63. The van der Waals surface area contributed by atoms with Gasteiger partial charge in [-0.3, -0.25) is 9.59 Å². The number of methoxy groups -OCH3 is 1. The Morgan fingerprint density at radius 2 is 1.53 bits per heavy atom. The largest absolute Gasteiger partial charge is 0.459 e. The highest BCUT2D eigenvalue weighted by Gasteiger charge is 2.58. The van der Waals surface area contributed by atoms with Gasteiger partial charge in [-0.15, -0.1) is 0 Å². The van der Waals surface area contributed by atoms with E-state index in [1.54, 1.807) is 27.9 Å². The molecule has 0 amide bonds. The van der Waals surface area contributed by atoms with Gasteiger partial charge in [0.25, 0.3) is 0 Å². The van der Waals surface area contributed by atoms with Crippen LogP contribution in [0.3, 0.4) is 0 Å². The van der Waals surface area contributed by atoms with Gasteiger partial charge in [0.2, 0.25) is 0 Å². The molecule has 20 heteroatoms. The molecule has 12 bridgehead atoms. The predicted octanol–water partition coefficient (Wildman–Crippen LogP) is 4.79. The van der Waals surface area contributed by atoms with Gasteiger partial charge < -0.3 is 83.5 Å². The van der Waals surface area contributed by atoms with Crippen molar-refractivity contribution in [1.82, 2.24) is 0 Å². The summed E-state index contributed by atoms with van der Waals surface area (Å²) in [6.45, 7) is 16.8. The fourth-order valence-corrected chi connectivity index (χ4v) is 14.0. The lowest BCUT2D eigenvalue weighted by atomic mass is 9.78. The zero-order valence-corrected chi connectivity index (χ0v) is 47.6. The molecule has 8 aliphatic heterocycles. The van der Waals surface area contributed by atoms with Gasteiger partial charge in [0.15, 0.2) is 17.4 Å². The first kappa shape index (κ1) is 62.5. The smallest absolute Gasteiger partial charge is 0.308 e. The van der Waals surface area contributed by atoms with Crippen molar-refractivity contribution < 1.29 is 93.1 Å². The molecule has 7 fully saturated rings. The van der Waals surface area contributed by atoms with E-state index in [4.69, 9.17) is 54.2 Å². The maximum Gasteiger partial charge on any atom is 0.308 e. The molecule has 0 aromatic rings. The van der Waals surface area contributed by atoms with Gasteiger partial charge in [-0.1, -0.05) is 82.3 Å². The quantitative estimate of drug-likeness (QED) is 0.0967. The highest BCUT2D eigenvalue weighted by Crippen LogP contribution is 2.47. The van der Waals surface area contributed by atoms with E-state index >= 15 is 0 Å². The van der Waals surface area contributed by atoms with Crippen molar-refractivity contribution >= 4 is 23.4 Å². The lowest BCUT2D eigenvalue weighted by Gasteiger charge is -2.51. The molecule has 2 spiro atoms. The molecule has 8 rings (SSSR count). The van der Waals surface area contributed by atoms with Crippen LogP contribution in [0.1, 0.15) is 137 Å². The summed E-state index contributed by atoms with van der Waals surface area (Å²) in [5, 5.41) is 93.4. The standard InChI is InChI=1S/C59H89ClO19/c1-31(16-38(61)15-14-32(2)60)17-49-51(67)53-36(6)54(73-49)55(68)59(70)28-47(65)34(4)48(79-59)13-11-9-10-12-41-19-39(62)24-57(75-41)27-44(71-8)21-43(76-57)22-46(64)35(5)52-33(3)37(29-72-52)18-45-26-56(7,69)30-58(78-45)25-40(63)20-42(77-58)23-50(66)74-53/h10,12,14-15,18,33-36,38-45,47-49,51-55,61-63,65,67-70H,1-2,9,11,13,16-17,19-30H2,3-8H3. The number of ketones is 1. The van der Waals surface area contributed by atoms with Gasteiger partial charge >= 0.3 is 5.97 Å². The summed E-state index contributed by atoms with van der Waals surface area (Å²) in [6, 6.07) is 0. The van der Waals surface area contributed by atoms with Crippen LogP contribution in [0.4, 0.5) is 0 Å². The maximum atomic E-state index is 14.2. The van der Waals surface area contributed by atoms with Crippen LogP contribution in [-0.2, 0) is 52.2 Å². The second kappa shape index (κ2) is 25.8. The van der Waals surface area contributed by atoms with Crippen molar-refractivity contribution in [1.29, 1.82) is 0 Å². The minimum atomic E-state index is -2.37. The zero-order valence-electron chi connectivity index (χ0n) is 46.8. The van der Waals surface area contributed by atoms with Crippen LogP contribution in [0.15, 0.2) is 59.7 Å². The molecule has 0 aromatic heterocycles. The number of Topliss-reactive ketones (excluding diaryl/α,β-unsaturated/α-hetero) is 1. The van der Waals surface area contributed by atoms with Crippen molar-refractivity contribution in [3.8, 4) is 0 Å². The molecule has 8 heterocycles. The number of carbonyl (C=O) groups is 2. The number of aliphatic hydroxyl groups is 8. The average Bonchev–Trinajstić information content (AvgIpc) is 3.82. The lowest BCUT2D eigenvalue weighted by molar-refractivity contribution is -0.350. The van der Waals surface area contributed by atoms with E-state index in [9.17, 15) is 50.4 Å². The molecule has 8 N–H and O–H groups in total. The van der Waals surface area contributed by atoms with Gasteiger partial charge in [0.1, 0.15) is 24.1 Å². The van der Waals surface area contributed by atoms with Crippen LogP contribution in [0.2, 0.25) is 0 Å². The summed E-state index contributed by atoms with van der Waals surface area (Å²) in [4.78, 5) is 28.4. The van der Waals surface area contributed by atoms with E-state index < -0.39 is 145 Å². The normalized spacial score (nSPS) is 47.2. The van der Waals surface area contributed by atoms with Crippen LogP contribution in [-0.4, -0.2) is 187 Å². The number of esters is 1. The van der Waals surface area contributed by atoms with E-state index in [-0.39, 0.29) is 87.2 Å². The monoisotopic (exact) mass is 1140 g/mol. The zero-order chi connectivity index (χ0) is 57.4. The molecule has 0 saturated carbocycles. The Bertz CT molecular complexity index is 2240. The summed E-state index contributed by atoms with van der Waals surface area (Å²) < 4.78 is 57.8. The number of hydrogen-bond donors (Lipinski definition) is 8. The minimum absolute atomic E-state index is 0.00429. The minimum Gasteiger partial charge on any atom is -0.459 e. The Hall–Kier alpha value is -2.51. The maximum absolute atomic E-state index is 14.2. The topological polar surface area (TPSA) is 279 Å². The highest BCUT2D eigenvalue weighted by molar-refractivity contribution is 6.30. The molecular formula is C59H89ClO19. The molecule has 24 atom stereocenters. The molecule has 446 valence electrons. The summed E-state index contributed by atoms with van der Waals surface area (Å²) in [7, 11) is 1.61. The van der Waals surface area contributed by atoms with Gasteiger partial charge in [-0.2, -0.15) is 0 Å². The van der Waals surface area contributed by atoms with Crippen LogP contribution >= 0.6 is 11.6 Å². The molecule has 0 aliphatic carbocycles. The predicted molar refractivity (Wildman–Crippen MR) is 287 cm³/mol. The third-order valence-corrected chi connectivity index (χ3v) is 18.1. The molecular weight excluding hydrogens is 1050 g/mol. The first-order valence-corrected chi connectivity index (χ1v) is 29.1. The molecule has 7 saturated heterocycles. The number of hydrogen-bond acceptors (Lipinski definition) is 19. The summed E-state index contributed by atoms with van der Waals surface area (Å²) in [5.41, 5.74) is -0.0333. The number of aliphatic hydroxyl groups excluding tert-OH is 6. The van der Waals surface area contributed by atoms with Crippen LogP contribution in [0.5, 0.6) is 0 Å². The van der Waals surface area contributed by atoms with Gasteiger partial charge in [-0.25, -0.2) is 0 Å². The van der Waals surface area contributed by atoms with Crippen molar-refractivity contribution in [2.45, 2.75) is 258 Å². The summed E-state index contributed by atoms with van der Waals surface area (Å²) >= 11 is 5.88. The average molecular weight is 1140 g/mol. The van der Waals surface area contributed by atoms with Crippen LogP contribution < -0.4 is 0 Å². The van der Waals surface area contributed by atoms with E-state index in [1.807, 2.05) is 32.1 Å². The molecule has 79 heavy (non-hydrogen) atoms. The van der Waals surface area contributed by atoms with Crippen LogP contribution in [0.25, 0.3) is 0 Å². The van der Waals surface area contributed by atoms with E-state index in [1.165, 1.54) is 12.2 Å². The summed E-state index contributed by atoms with van der Waals surface area (Å²) in [5.74, 6) is -8.17. The van der Waals surface area contributed by atoms with Gasteiger partial charge in [-0.05, 0) is 50.7 Å². The Morgan fingerprint density at radius 1 is 0.835 bits per heavy atom. The van der Waals surface area contributed by atoms with Crippen molar-refractivity contribution in [2.75, 3.05) is 13.7 Å². The number of halogens is 1. The first-order chi connectivity index (χ1) is 37.2. The third-order valence-electron chi connectivity index (χ3n) is 17.9. The Labute approximate surface area is 469 Å². The molecule has 0 aromatic carbocycles.